The number of amides is 1. The van der Waals surface area contributed by atoms with Gasteiger partial charge in [-0.05, 0) is 12.1 Å². The molecule has 0 bridgehead atoms. The number of nitrogens with one attached hydrogen (secondary N) is 1. The molecule has 1 N–H and O–H groups in total. The summed E-state index contributed by atoms with van der Waals surface area (Å²) < 4.78 is 5.08. The number of hydrogen-bond acceptors (Lipinski definition) is 3. The highest BCUT2D eigenvalue weighted by molar-refractivity contribution is 6.03. The van der Waals surface area contributed by atoms with Crippen LogP contribution in [-0.2, 0) is 4.74 Å². The van der Waals surface area contributed by atoms with E-state index in [1.54, 1.807) is 48.5 Å². The first-order chi connectivity index (χ1) is 9.72. The topological polar surface area (TPSA) is 55.4 Å². The highest BCUT2D eigenvalue weighted by Gasteiger charge is 2.21. The molecule has 0 saturated carbocycles. The lowest BCUT2D eigenvalue weighted by Gasteiger charge is -2.16. The Kier molecular flexibility index (Phi) is 4.63. The number of Topliss-reactive ketones (excluding diaryl/α,β-unsaturated/α-hetero) is 1. The Balaban J connectivity index is 2.10. The molecular weight excluding hydrogens is 254 g/mol. The molecule has 1 atom stereocenters. The number of benzene rings is 2. The van der Waals surface area contributed by atoms with Gasteiger partial charge in [0, 0.05) is 18.2 Å². The van der Waals surface area contributed by atoms with Crippen LogP contribution < -0.4 is 5.32 Å². The Labute approximate surface area is 117 Å². The first-order valence-electron chi connectivity index (χ1n) is 6.20. The molecule has 0 aliphatic rings. The molecule has 0 saturated heterocycles. The van der Waals surface area contributed by atoms with Crippen molar-refractivity contribution in [3.8, 4) is 0 Å². The number of hydrogen-bond donors (Lipinski definition) is 1. The Morgan fingerprint density at radius 1 is 0.900 bits per heavy atom. The van der Waals surface area contributed by atoms with Gasteiger partial charge in [-0.15, -0.1) is 0 Å². The highest BCUT2D eigenvalue weighted by Crippen LogP contribution is 2.06. The van der Waals surface area contributed by atoms with Gasteiger partial charge < -0.3 is 10.1 Å². The van der Waals surface area contributed by atoms with Gasteiger partial charge in [0.25, 0.3) is 5.91 Å². The number of carbonyl (C=O) groups excluding carboxylic acids is 2. The van der Waals surface area contributed by atoms with Gasteiger partial charge in [-0.1, -0.05) is 48.5 Å². The van der Waals surface area contributed by atoms with Crippen molar-refractivity contribution in [2.24, 2.45) is 0 Å². The van der Waals surface area contributed by atoms with Gasteiger partial charge in [-0.2, -0.15) is 0 Å². The fourth-order valence-electron chi connectivity index (χ4n) is 1.78. The molecule has 0 fully saturated rings. The maximum Gasteiger partial charge on any atom is 0.253 e. The van der Waals surface area contributed by atoms with Gasteiger partial charge in [-0.25, -0.2) is 0 Å². The second-order valence-corrected chi connectivity index (χ2v) is 4.19. The van der Waals surface area contributed by atoms with E-state index in [0.29, 0.717) is 11.1 Å². The van der Waals surface area contributed by atoms with Gasteiger partial charge in [0.15, 0.2) is 6.23 Å². The summed E-state index contributed by atoms with van der Waals surface area (Å²) in [4.78, 5) is 24.2. The van der Waals surface area contributed by atoms with Crippen molar-refractivity contribution in [2.75, 3.05) is 7.11 Å². The Morgan fingerprint density at radius 2 is 1.40 bits per heavy atom. The third-order valence-electron chi connectivity index (χ3n) is 2.83. The summed E-state index contributed by atoms with van der Waals surface area (Å²) in [5, 5.41) is 2.57. The third kappa shape index (κ3) is 3.30. The number of ketones is 1. The summed E-state index contributed by atoms with van der Waals surface area (Å²) in [5.41, 5.74) is 0.975. The van der Waals surface area contributed by atoms with Crippen molar-refractivity contribution in [1.82, 2.24) is 5.32 Å². The van der Waals surface area contributed by atoms with Crippen LogP contribution in [0.2, 0.25) is 0 Å². The molecule has 0 aliphatic heterocycles. The first kappa shape index (κ1) is 14.0. The molecule has 2 aromatic carbocycles. The first-order valence-corrected chi connectivity index (χ1v) is 6.20. The fourth-order valence-corrected chi connectivity index (χ4v) is 1.78. The SMILES string of the molecule is COC(NC(=O)c1ccccc1)C(=O)c1ccccc1. The van der Waals surface area contributed by atoms with Crippen LogP contribution >= 0.6 is 0 Å². The minimum atomic E-state index is -0.995. The van der Waals surface area contributed by atoms with Crippen LogP contribution in [0.25, 0.3) is 0 Å². The van der Waals surface area contributed by atoms with Crippen LogP contribution in [0, 0.1) is 0 Å². The molecular formula is C16H15NO3. The smallest absolute Gasteiger partial charge is 0.253 e. The molecule has 0 spiro atoms. The van der Waals surface area contributed by atoms with E-state index in [1.165, 1.54) is 7.11 Å². The lowest BCUT2D eigenvalue weighted by Crippen LogP contribution is -2.42. The van der Waals surface area contributed by atoms with E-state index in [-0.39, 0.29) is 11.7 Å². The second-order valence-electron chi connectivity index (χ2n) is 4.19. The second kappa shape index (κ2) is 6.63. The molecule has 102 valence electrons. The van der Waals surface area contributed by atoms with Crippen LogP contribution in [0.4, 0.5) is 0 Å². The maximum atomic E-state index is 12.2. The summed E-state index contributed by atoms with van der Waals surface area (Å²) in [6, 6.07) is 17.4. The Morgan fingerprint density at radius 3 is 1.90 bits per heavy atom. The van der Waals surface area contributed by atoms with E-state index in [2.05, 4.69) is 5.32 Å². The Hall–Kier alpha value is -2.46. The molecule has 2 rings (SSSR count). The maximum absolute atomic E-state index is 12.2. The minimum absolute atomic E-state index is 0.280. The third-order valence-corrected chi connectivity index (χ3v) is 2.83. The van der Waals surface area contributed by atoms with Crippen LogP contribution in [0.3, 0.4) is 0 Å². The van der Waals surface area contributed by atoms with Crippen LogP contribution in [0.1, 0.15) is 20.7 Å². The number of rotatable bonds is 5. The molecule has 0 radical (unpaired) electrons. The van der Waals surface area contributed by atoms with Gasteiger partial charge in [0.1, 0.15) is 0 Å². The molecule has 2 aromatic rings. The van der Waals surface area contributed by atoms with Gasteiger partial charge in [0.05, 0.1) is 0 Å². The Bertz CT molecular complexity index is 581. The fraction of sp³-hybridized carbons (Fsp3) is 0.125. The van der Waals surface area contributed by atoms with E-state index < -0.39 is 6.23 Å². The molecule has 20 heavy (non-hydrogen) atoms. The quantitative estimate of drug-likeness (QED) is 0.669. The van der Waals surface area contributed by atoms with E-state index in [9.17, 15) is 9.59 Å². The normalized spacial score (nSPS) is 11.7. The standard InChI is InChI=1S/C16H15NO3/c1-20-16(14(18)12-8-4-2-5-9-12)17-15(19)13-10-6-3-7-11-13/h2-11,16H,1H3,(H,17,19). The van der Waals surface area contributed by atoms with Crippen LogP contribution in [0.15, 0.2) is 60.7 Å². The minimum Gasteiger partial charge on any atom is -0.354 e. The molecule has 0 aromatic heterocycles. The highest BCUT2D eigenvalue weighted by atomic mass is 16.5. The number of ether oxygens (including phenoxy) is 1. The van der Waals surface area contributed by atoms with Crippen molar-refractivity contribution >= 4 is 11.7 Å². The van der Waals surface area contributed by atoms with Crippen molar-refractivity contribution in [2.45, 2.75) is 6.23 Å². The molecule has 0 aliphatic carbocycles. The average molecular weight is 269 g/mol. The van der Waals surface area contributed by atoms with E-state index >= 15 is 0 Å². The predicted octanol–water partition coefficient (Wildman–Crippen LogP) is 2.27. The monoisotopic (exact) mass is 269 g/mol. The van der Waals surface area contributed by atoms with Gasteiger partial charge in [0.2, 0.25) is 5.78 Å². The molecule has 4 nitrogen and oxygen atoms in total. The predicted molar refractivity (Wildman–Crippen MR) is 75.5 cm³/mol. The van der Waals surface area contributed by atoms with Gasteiger partial charge >= 0.3 is 0 Å². The van der Waals surface area contributed by atoms with E-state index in [0.717, 1.165) is 0 Å². The van der Waals surface area contributed by atoms with Crippen molar-refractivity contribution in [3.05, 3.63) is 71.8 Å². The molecule has 1 amide bonds. The zero-order valence-corrected chi connectivity index (χ0v) is 11.1. The van der Waals surface area contributed by atoms with Crippen molar-refractivity contribution in [3.63, 3.8) is 0 Å². The van der Waals surface area contributed by atoms with Crippen molar-refractivity contribution in [1.29, 1.82) is 0 Å². The van der Waals surface area contributed by atoms with Gasteiger partial charge in [-0.3, -0.25) is 9.59 Å². The summed E-state index contributed by atoms with van der Waals surface area (Å²) in [5.74, 6) is -0.626. The molecule has 1 unspecified atom stereocenters. The van der Waals surface area contributed by atoms with Crippen LogP contribution in [0.5, 0.6) is 0 Å². The zero-order chi connectivity index (χ0) is 14.4. The summed E-state index contributed by atoms with van der Waals surface area (Å²) in [6.07, 6.45) is -0.995. The summed E-state index contributed by atoms with van der Waals surface area (Å²) >= 11 is 0. The van der Waals surface area contributed by atoms with Crippen molar-refractivity contribution < 1.29 is 14.3 Å². The summed E-state index contributed by atoms with van der Waals surface area (Å²) in [6.45, 7) is 0. The zero-order valence-electron chi connectivity index (χ0n) is 11.1. The molecule has 4 heteroatoms. The average Bonchev–Trinajstić information content (AvgIpc) is 2.53. The lowest BCUT2D eigenvalue weighted by molar-refractivity contribution is 0.0453. The number of methoxy groups -OCH3 is 1. The molecule has 0 heterocycles. The summed E-state index contributed by atoms with van der Waals surface area (Å²) in [7, 11) is 1.39. The van der Waals surface area contributed by atoms with Crippen LogP contribution in [-0.4, -0.2) is 25.0 Å². The largest absolute Gasteiger partial charge is 0.354 e. The number of carbonyl (C=O) groups is 2. The lowest BCUT2D eigenvalue weighted by atomic mass is 10.1. The van der Waals surface area contributed by atoms with E-state index in [4.69, 9.17) is 4.74 Å². The van der Waals surface area contributed by atoms with E-state index in [1.807, 2.05) is 12.1 Å².